The number of likely N-dealkylation sites (N-methyl/N-ethyl adjacent to an activating group) is 1. The summed E-state index contributed by atoms with van der Waals surface area (Å²) in [5.41, 5.74) is 1.37. The summed E-state index contributed by atoms with van der Waals surface area (Å²) in [7, 11) is 0. The maximum atomic E-state index is 13.7. The summed E-state index contributed by atoms with van der Waals surface area (Å²) in [4.78, 5) is 30.3. The molecule has 3 aromatic rings. The van der Waals surface area contributed by atoms with E-state index in [1.165, 1.54) is 12.1 Å². The van der Waals surface area contributed by atoms with Gasteiger partial charge in [-0.15, -0.1) is 0 Å². The average Bonchev–Trinajstić information content (AvgIpc) is 2.84. The summed E-state index contributed by atoms with van der Waals surface area (Å²) in [5.74, 6) is -0.973. The van der Waals surface area contributed by atoms with Crippen LogP contribution in [-0.2, 0) is 11.0 Å². The third-order valence-electron chi connectivity index (χ3n) is 6.29. The molecule has 3 aromatic carbocycles. The van der Waals surface area contributed by atoms with Gasteiger partial charge in [-0.05, 0) is 80.4 Å². The van der Waals surface area contributed by atoms with Gasteiger partial charge in [0.05, 0.1) is 11.5 Å². The molecule has 1 aliphatic heterocycles. The Morgan fingerprint density at radius 1 is 1.00 bits per heavy atom. The molecular formula is C27H24ClF3N2O2. The maximum Gasteiger partial charge on any atom is 0.416 e. The lowest BCUT2D eigenvalue weighted by Gasteiger charge is -2.40. The second-order valence-corrected chi connectivity index (χ2v) is 8.94. The molecule has 2 atom stereocenters. The van der Waals surface area contributed by atoms with Crippen molar-refractivity contribution in [2.24, 2.45) is 0 Å². The normalized spacial score (nSPS) is 17.6. The average molecular weight is 501 g/mol. The second-order valence-electron chi connectivity index (χ2n) is 8.51. The lowest BCUT2D eigenvalue weighted by molar-refractivity contribution is -0.137. The third-order valence-corrected chi connectivity index (χ3v) is 6.54. The molecule has 8 heteroatoms. The van der Waals surface area contributed by atoms with E-state index in [-0.39, 0.29) is 17.5 Å². The molecule has 0 saturated heterocycles. The number of rotatable bonds is 4. The number of hydrogen-bond donors (Lipinski definition) is 0. The maximum absolute atomic E-state index is 13.7. The smallest absolute Gasteiger partial charge is 0.312 e. The number of carbonyl (C=O) groups excluding carboxylic acids is 2. The third kappa shape index (κ3) is 4.91. The molecule has 0 radical (unpaired) electrons. The van der Waals surface area contributed by atoms with E-state index in [1.807, 2.05) is 26.0 Å². The molecule has 1 aliphatic rings. The first-order valence-corrected chi connectivity index (χ1v) is 11.7. The van der Waals surface area contributed by atoms with Gasteiger partial charge < -0.3 is 9.80 Å². The molecule has 35 heavy (non-hydrogen) atoms. The Morgan fingerprint density at radius 3 is 2.23 bits per heavy atom. The van der Waals surface area contributed by atoms with E-state index in [1.54, 1.807) is 46.2 Å². The summed E-state index contributed by atoms with van der Waals surface area (Å²) in [6, 6.07) is 18.1. The Labute approximate surface area is 206 Å². The van der Waals surface area contributed by atoms with Gasteiger partial charge in [-0.25, -0.2) is 0 Å². The van der Waals surface area contributed by atoms with E-state index in [0.717, 1.165) is 17.8 Å². The highest BCUT2D eigenvalue weighted by atomic mass is 35.5. The molecule has 0 spiro atoms. The molecule has 0 aromatic heterocycles. The zero-order valence-corrected chi connectivity index (χ0v) is 20.0. The molecule has 1 unspecified atom stereocenters. The molecule has 0 bridgehead atoms. The van der Waals surface area contributed by atoms with E-state index in [4.69, 9.17) is 11.6 Å². The van der Waals surface area contributed by atoms with Gasteiger partial charge >= 0.3 is 6.18 Å². The Balaban J connectivity index is 1.67. The van der Waals surface area contributed by atoms with Crippen molar-refractivity contribution >= 4 is 34.8 Å². The van der Waals surface area contributed by atoms with Crippen molar-refractivity contribution in [2.45, 2.75) is 38.4 Å². The predicted octanol–water partition coefficient (Wildman–Crippen LogP) is 6.93. The molecule has 1 heterocycles. The van der Waals surface area contributed by atoms with Gasteiger partial charge in [-0.2, -0.15) is 13.2 Å². The highest BCUT2D eigenvalue weighted by Gasteiger charge is 2.39. The molecule has 0 N–H and O–H groups in total. The standard InChI is InChI=1S/C27H24ClF3N2O2/c1-3-32(21-14-12-20(28)13-15-21)26(35)23-16-17(2)33(24-7-5-4-6-22(23)24)25(34)18-8-10-19(11-9-18)27(29,30)31/h4-15,17,23H,3,16H2,1-2H3/t17-,23?/m0/s1. The minimum absolute atomic E-state index is 0.0873. The van der Waals surface area contributed by atoms with Gasteiger partial charge in [-0.1, -0.05) is 29.8 Å². The number of fused-ring (bicyclic) bond motifs is 1. The lowest BCUT2D eigenvalue weighted by Crippen LogP contribution is -2.46. The topological polar surface area (TPSA) is 40.6 Å². The van der Waals surface area contributed by atoms with Crippen LogP contribution >= 0.6 is 11.6 Å². The molecule has 4 rings (SSSR count). The van der Waals surface area contributed by atoms with E-state index in [0.29, 0.717) is 29.2 Å². The van der Waals surface area contributed by atoms with Crippen molar-refractivity contribution in [2.75, 3.05) is 16.3 Å². The number of benzene rings is 3. The second kappa shape index (κ2) is 9.74. The minimum atomic E-state index is -4.48. The number of carbonyl (C=O) groups is 2. The van der Waals surface area contributed by atoms with Crippen molar-refractivity contribution in [3.8, 4) is 0 Å². The molecule has 0 aliphatic carbocycles. The number of nitrogens with zero attached hydrogens (tertiary/aromatic N) is 2. The fraction of sp³-hybridized carbons (Fsp3) is 0.259. The molecule has 2 amide bonds. The van der Waals surface area contributed by atoms with Crippen LogP contribution in [0.4, 0.5) is 24.5 Å². The lowest BCUT2D eigenvalue weighted by atomic mass is 9.84. The monoisotopic (exact) mass is 500 g/mol. The van der Waals surface area contributed by atoms with Gasteiger partial charge in [0.25, 0.3) is 5.91 Å². The largest absolute Gasteiger partial charge is 0.416 e. The summed E-state index contributed by atoms with van der Waals surface area (Å²) >= 11 is 6.00. The van der Waals surface area contributed by atoms with Crippen LogP contribution in [0.15, 0.2) is 72.8 Å². The fourth-order valence-corrected chi connectivity index (χ4v) is 4.70. The Kier molecular flexibility index (Phi) is 6.90. The molecule has 182 valence electrons. The quantitative estimate of drug-likeness (QED) is 0.389. The minimum Gasteiger partial charge on any atom is -0.312 e. The van der Waals surface area contributed by atoms with Crippen LogP contribution in [-0.4, -0.2) is 24.4 Å². The summed E-state index contributed by atoms with van der Waals surface area (Å²) < 4.78 is 38.9. The first-order chi connectivity index (χ1) is 16.6. The van der Waals surface area contributed by atoms with Crippen molar-refractivity contribution in [3.05, 3.63) is 94.5 Å². The van der Waals surface area contributed by atoms with Crippen LogP contribution < -0.4 is 9.80 Å². The van der Waals surface area contributed by atoms with Crippen LogP contribution in [0.5, 0.6) is 0 Å². The number of amides is 2. The first kappa shape index (κ1) is 24.8. The summed E-state index contributed by atoms with van der Waals surface area (Å²) in [6.07, 6.45) is -4.10. The van der Waals surface area contributed by atoms with Crippen LogP contribution in [0.3, 0.4) is 0 Å². The van der Waals surface area contributed by atoms with Crippen LogP contribution in [0, 0.1) is 0 Å². The van der Waals surface area contributed by atoms with Crippen molar-refractivity contribution in [1.82, 2.24) is 0 Å². The van der Waals surface area contributed by atoms with Gasteiger partial charge in [0.2, 0.25) is 5.91 Å². The predicted molar refractivity (Wildman–Crippen MR) is 131 cm³/mol. The SMILES string of the molecule is CCN(C(=O)C1C[C@H](C)N(C(=O)c2ccc(C(F)(F)F)cc2)c2ccccc21)c1ccc(Cl)cc1. The Hall–Kier alpha value is -3.32. The highest BCUT2D eigenvalue weighted by Crippen LogP contribution is 2.41. The van der Waals surface area contributed by atoms with Crippen molar-refractivity contribution in [3.63, 3.8) is 0 Å². The Morgan fingerprint density at radius 2 is 1.63 bits per heavy atom. The van der Waals surface area contributed by atoms with E-state index in [2.05, 4.69) is 0 Å². The summed E-state index contributed by atoms with van der Waals surface area (Å²) in [5, 5.41) is 0.575. The number of anilines is 2. The Bertz CT molecular complexity index is 1230. The van der Waals surface area contributed by atoms with E-state index >= 15 is 0 Å². The van der Waals surface area contributed by atoms with E-state index < -0.39 is 23.6 Å². The van der Waals surface area contributed by atoms with E-state index in [9.17, 15) is 22.8 Å². The number of halogens is 4. The van der Waals surface area contributed by atoms with Crippen LogP contribution in [0.1, 0.15) is 47.7 Å². The summed E-state index contributed by atoms with van der Waals surface area (Å²) in [6.45, 7) is 4.20. The molecule has 0 fully saturated rings. The van der Waals surface area contributed by atoms with Crippen LogP contribution in [0.25, 0.3) is 0 Å². The molecule has 4 nitrogen and oxygen atoms in total. The number of para-hydroxylation sites is 1. The molecular weight excluding hydrogens is 477 g/mol. The van der Waals surface area contributed by atoms with Gasteiger partial charge in [0.1, 0.15) is 0 Å². The van der Waals surface area contributed by atoms with Crippen molar-refractivity contribution in [1.29, 1.82) is 0 Å². The zero-order chi connectivity index (χ0) is 25.3. The number of alkyl halides is 3. The van der Waals surface area contributed by atoms with Gasteiger partial charge in [0, 0.05) is 34.5 Å². The van der Waals surface area contributed by atoms with Crippen molar-refractivity contribution < 1.29 is 22.8 Å². The zero-order valence-electron chi connectivity index (χ0n) is 19.2. The fourth-order valence-electron chi connectivity index (χ4n) is 4.57. The van der Waals surface area contributed by atoms with Crippen LogP contribution in [0.2, 0.25) is 5.02 Å². The first-order valence-electron chi connectivity index (χ1n) is 11.3. The van der Waals surface area contributed by atoms with Gasteiger partial charge in [0.15, 0.2) is 0 Å². The highest BCUT2D eigenvalue weighted by molar-refractivity contribution is 6.30. The molecule has 0 saturated carbocycles. The van der Waals surface area contributed by atoms with Gasteiger partial charge in [-0.3, -0.25) is 9.59 Å². The number of hydrogen-bond acceptors (Lipinski definition) is 2.